The number of aliphatic carboxylic acids is 1. The van der Waals surface area contributed by atoms with Gasteiger partial charge in [0, 0.05) is 24.4 Å². The second-order valence-electron chi connectivity index (χ2n) is 3.76. The van der Waals surface area contributed by atoms with Crippen molar-refractivity contribution in [2.75, 3.05) is 6.54 Å². The molecule has 19 heavy (non-hydrogen) atoms. The molecule has 1 amide bonds. The second kappa shape index (κ2) is 6.17. The smallest absolute Gasteiger partial charge is 0.471 e. The Morgan fingerprint density at radius 3 is 2.53 bits per heavy atom. The van der Waals surface area contributed by atoms with E-state index in [1.54, 1.807) is 17.4 Å². The zero-order valence-corrected chi connectivity index (χ0v) is 9.65. The summed E-state index contributed by atoms with van der Waals surface area (Å²) in [7, 11) is 0. The first kappa shape index (κ1) is 14.9. The quantitative estimate of drug-likeness (QED) is 0.850. The zero-order chi connectivity index (χ0) is 14.5. The molecule has 0 saturated carbocycles. The Morgan fingerprint density at radius 2 is 2.05 bits per heavy atom. The van der Waals surface area contributed by atoms with E-state index in [1.165, 1.54) is 12.3 Å². The first-order valence-electron chi connectivity index (χ1n) is 5.28. The van der Waals surface area contributed by atoms with Crippen LogP contribution in [0, 0.1) is 0 Å². The minimum atomic E-state index is -4.99. The van der Waals surface area contributed by atoms with Gasteiger partial charge in [0.1, 0.15) is 0 Å². The number of nitrogens with one attached hydrogen (secondary N) is 1. The lowest BCUT2D eigenvalue weighted by atomic mass is 10.0. The van der Waals surface area contributed by atoms with Crippen LogP contribution >= 0.6 is 0 Å². The molecule has 5 nitrogen and oxygen atoms in total. The number of rotatable bonds is 5. The van der Waals surface area contributed by atoms with Crippen LogP contribution in [0.25, 0.3) is 0 Å². The molecule has 0 aliphatic carbocycles. The highest BCUT2D eigenvalue weighted by molar-refractivity contribution is 5.81. The van der Waals surface area contributed by atoms with Gasteiger partial charge in [0.2, 0.25) is 0 Å². The van der Waals surface area contributed by atoms with E-state index in [9.17, 15) is 22.8 Å². The number of carboxylic acids is 1. The van der Waals surface area contributed by atoms with Gasteiger partial charge in [-0.1, -0.05) is 6.07 Å². The number of carbonyl (C=O) groups is 2. The van der Waals surface area contributed by atoms with Crippen LogP contribution in [0.1, 0.15) is 18.0 Å². The van der Waals surface area contributed by atoms with Crippen molar-refractivity contribution in [3.8, 4) is 0 Å². The summed E-state index contributed by atoms with van der Waals surface area (Å²) in [4.78, 5) is 25.2. The van der Waals surface area contributed by atoms with Crippen molar-refractivity contribution in [2.24, 2.45) is 0 Å². The lowest BCUT2D eigenvalue weighted by molar-refractivity contribution is -0.173. The normalized spacial score (nSPS) is 12.8. The first-order chi connectivity index (χ1) is 8.80. The van der Waals surface area contributed by atoms with Crippen molar-refractivity contribution in [1.82, 2.24) is 10.3 Å². The molecule has 0 bridgehead atoms. The molecule has 0 saturated heterocycles. The SMILES string of the molecule is O=C(O)CC(CNC(=O)C(F)(F)F)c1ccccn1. The molecule has 2 N–H and O–H groups in total. The predicted molar refractivity (Wildman–Crippen MR) is 58.3 cm³/mol. The molecule has 0 aliphatic heterocycles. The average molecular weight is 276 g/mol. The van der Waals surface area contributed by atoms with Crippen molar-refractivity contribution >= 4 is 11.9 Å². The number of amides is 1. The highest BCUT2D eigenvalue weighted by Gasteiger charge is 2.38. The van der Waals surface area contributed by atoms with Crippen LogP contribution < -0.4 is 5.32 Å². The molecular formula is C11H11F3N2O3. The van der Waals surface area contributed by atoms with Gasteiger partial charge in [-0.15, -0.1) is 0 Å². The molecular weight excluding hydrogens is 265 g/mol. The van der Waals surface area contributed by atoms with Crippen molar-refractivity contribution in [3.63, 3.8) is 0 Å². The predicted octanol–water partition coefficient (Wildman–Crippen LogP) is 1.32. The van der Waals surface area contributed by atoms with Crippen LogP contribution in [0.15, 0.2) is 24.4 Å². The van der Waals surface area contributed by atoms with Crippen LogP contribution in [0.2, 0.25) is 0 Å². The van der Waals surface area contributed by atoms with E-state index in [-0.39, 0.29) is 0 Å². The minimum Gasteiger partial charge on any atom is -0.481 e. The van der Waals surface area contributed by atoms with Crippen LogP contribution in [0.5, 0.6) is 0 Å². The van der Waals surface area contributed by atoms with Gasteiger partial charge in [-0.05, 0) is 12.1 Å². The Labute approximate surface area is 106 Å². The Kier molecular flexibility index (Phi) is 4.85. The number of aromatic nitrogens is 1. The van der Waals surface area contributed by atoms with E-state index in [0.717, 1.165) is 0 Å². The number of hydrogen-bond acceptors (Lipinski definition) is 3. The summed E-state index contributed by atoms with van der Waals surface area (Å²) in [5.74, 6) is -4.10. The number of alkyl halides is 3. The molecule has 104 valence electrons. The second-order valence-corrected chi connectivity index (χ2v) is 3.76. The van der Waals surface area contributed by atoms with E-state index in [1.807, 2.05) is 0 Å². The highest BCUT2D eigenvalue weighted by atomic mass is 19.4. The maximum atomic E-state index is 12.0. The summed E-state index contributed by atoms with van der Waals surface area (Å²) in [5, 5.41) is 10.4. The van der Waals surface area contributed by atoms with Gasteiger partial charge in [-0.3, -0.25) is 14.6 Å². The fourth-order valence-corrected chi connectivity index (χ4v) is 1.43. The van der Waals surface area contributed by atoms with Crippen molar-refractivity contribution in [2.45, 2.75) is 18.5 Å². The molecule has 8 heteroatoms. The Balaban J connectivity index is 2.72. The van der Waals surface area contributed by atoms with Gasteiger partial charge in [-0.2, -0.15) is 13.2 Å². The summed E-state index contributed by atoms with van der Waals surface area (Å²) in [5.41, 5.74) is 0.312. The molecule has 0 aliphatic rings. The molecule has 1 rings (SSSR count). The maximum Gasteiger partial charge on any atom is 0.471 e. The molecule has 1 aromatic heterocycles. The zero-order valence-electron chi connectivity index (χ0n) is 9.65. The molecule has 0 aromatic carbocycles. The number of hydrogen-bond donors (Lipinski definition) is 2. The third-order valence-electron chi connectivity index (χ3n) is 2.29. The number of pyridine rings is 1. The fraction of sp³-hybridized carbons (Fsp3) is 0.364. The number of nitrogens with zero attached hydrogens (tertiary/aromatic N) is 1. The van der Waals surface area contributed by atoms with Crippen LogP contribution in [-0.4, -0.2) is 34.7 Å². The standard InChI is InChI=1S/C11H11F3N2O3/c12-11(13,14)10(19)16-6-7(5-9(17)18)8-3-1-2-4-15-8/h1-4,7H,5-6H2,(H,16,19)(H,17,18). The Hall–Kier alpha value is -2.12. The molecule has 1 atom stereocenters. The van der Waals surface area contributed by atoms with E-state index in [0.29, 0.717) is 5.69 Å². The topological polar surface area (TPSA) is 79.3 Å². The van der Waals surface area contributed by atoms with Gasteiger partial charge in [0.05, 0.1) is 6.42 Å². The Morgan fingerprint density at radius 1 is 1.37 bits per heavy atom. The van der Waals surface area contributed by atoms with Gasteiger partial charge >= 0.3 is 18.1 Å². The molecule has 1 heterocycles. The maximum absolute atomic E-state index is 12.0. The lowest BCUT2D eigenvalue weighted by Crippen LogP contribution is -2.39. The largest absolute Gasteiger partial charge is 0.481 e. The molecule has 0 spiro atoms. The van der Waals surface area contributed by atoms with Gasteiger partial charge < -0.3 is 10.4 Å². The van der Waals surface area contributed by atoms with E-state index < -0.39 is 36.9 Å². The van der Waals surface area contributed by atoms with Gasteiger partial charge in [-0.25, -0.2) is 0 Å². The average Bonchev–Trinajstić information content (AvgIpc) is 2.33. The van der Waals surface area contributed by atoms with Crippen LogP contribution in [-0.2, 0) is 9.59 Å². The van der Waals surface area contributed by atoms with Crippen LogP contribution in [0.4, 0.5) is 13.2 Å². The Bertz CT molecular complexity index is 448. The number of halogens is 3. The van der Waals surface area contributed by atoms with Gasteiger partial charge in [0.25, 0.3) is 0 Å². The summed E-state index contributed by atoms with van der Waals surface area (Å²) in [6.07, 6.45) is -4.01. The summed E-state index contributed by atoms with van der Waals surface area (Å²) in [6, 6.07) is 4.67. The number of carboxylic acid groups (broad SMARTS) is 1. The summed E-state index contributed by atoms with van der Waals surface area (Å²) in [6.45, 7) is -0.443. The fourth-order valence-electron chi connectivity index (χ4n) is 1.43. The lowest BCUT2D eigenvalue weighted by Gasteiger charge is -2.15. The first-order valence-corrected chi connectivity index (χ1v) is 5.28. The summed E-state index contributed by atoms with van der Waals surface area (Å²) < 4.78 is 36.1. The van der Waals surface area contributed by atoms with Crippen LogP contribution in [0.3, 0.4) is 0 Å². The minimum absolute atomic E-state index is 0.312. The number of carbonyl (C=O) groups excluding carboxylic acids is 1. The van der Waals surface area contributed by atoms with Crippen molar-refractivity contribution in [1.29, 1.82) is 0 Å². The highest BCUT2D eigenvalue weighted by Crippen LogP contribution is 2.18. The summed E-state index contributed by atoms with van der Waals surface area (Å²) >= 11 is 0. The van der Waals surface area contributed by atoms with E-state index >= 15 is 0 Å². The van der Waals surface area contributed by atoms with E-state index in [2.05, 4.69) is 4.98 Å². The third-order valence-corrected chi connectivity index (χ3v) is 2.29. The van der Waals surface area contributed by atoms with Crippen molar-refractivity contribution in [3.05, 3.63) is 30.1 Å². The van der Waals surface area contributed by atoms with E-state index in [4.69, 9.17) is 5.11 Å². The monoisotopic (exact) mass is 276 g/mol. The molecule has 0 radical (unpaired) electrons. The van der Waals surface area contributed by atoms with Gasteiger partial charge in [0.15, 0.2) is 0 Å². The molecule has 1 unspecified atom stereocenters. The molecule has 1 aromatic rings. The third kappa shape index (κ3) is 4.94. The molecule has 0 fully saturated rings. The van der Waals surface area contributed by atoms with Crippen molar-refractivity contribution < 1.29 is 27.9 Å².